The predicted octanol–water partition coefficient (Wildman–Crippen LogP) is 2.60. The van der Waals surface area contributed by atoms with E-state index in [-0.39, 0.29) is 23.7 Å². The summed E-state index contributed by atoms with van der Waals surface area (Å²) in [6.45, 7) is 2.82. The third-order valence-corrected chi connectivity index (χ3v) is 4.68. The van der Waals surface area contributed by atoms with Gasteiger partial charge in [0, 0.05) is 36.1 Å². The largest absolute Gasteiger partial charge is 0.369 e. The summed E-state index contributed by atoms with van der Waals surface area (Å²) in [5.74, 6) is -0.708. The van der Waals surface area contributed by atoms with Crippen molar-refractivity contribution in [2.45, 2.75) is 6.92 Å². The van der Waals surface area contributed by atoms with Crippen molar-refractivity contribution in [3.8, 4) is 11.1 Å². The van der Waals surface area contributed by atoms with Gasteiger partial charge >= 0.3 is 0 Å². The van der Waals surface area contributed by atoms with Crippen molar-refractivity contribution in [2.75, 3.05) is 13.1 Å². The van der Waals surface area contributed by atoms with Crippen LogP contribution in [0.2, 0.25) is 5.02 Å². The summed E-state index contributed by atoms with van der Waals surface area (Å²) in [4.78, 5) is 30.0. The van der Waals surface area contributed by atoms with Crippen molar-refractivity contribution in [1.29, 1.82) is 0 Å². The summed E-state index contributed by atoms with van der Waals surface area (Å²) in [7, 11) is 0. The number of hydrogen-bond acceptors (Lipinski definition) is 3. The maximum Gasteiger partial charge on any atom is 0.255 e. The molecule has 1 aromatic heterocycles. The molecule has 0 spiro atoms. The van der Waals surface area contributed by atoms with E-state index in [9.17, 15) is 9.59 Å². The highest BCUT2D eigenvalue weighted by Crippen LogP contribution is 2.26. The van der Waals surface area contributed by atoms with Crippen LogP contribution in [0.15, 0.2) is 42.7 Å². The van der Waals surface area contributed by atoms with Crippen LogP contribution < -0.4 is 5.73 Å². The van der Waals surface area contributed by atoms with Crippen LogP contribution in [0.4, 0.5) is 0 Å². The molecule has 3 rings (SSSR count). The second-order valence-corrected chi connectivity index (χ2v) is 6.60. The van der Waals surface area contributed by atoms with Crippen LogP contribution in [0.1, 0.15) is 17.3 Å². The third kappa shape index (κ3) is 3.26. The van der Waals surface area contributed by atoms with Crippen molar-refractivity contribution < 1.29 is 9.59 Å². The van der Waals surface area contributed by atoms with Gasteiger partial charge in [0.2, 0.25) is 5.91 Å². The number of hydrogen-bond donors (Lipinski definition) is 1. The van der Waals surface area contributed by atoms with E-state index in [4.69, 9.17) is 17.3 Å². The highest BCUT2D eigenvalue weighted by Gasteiger charge is 2.36. The van der Waals surface area contributed by atoms with Crippen molar-refractivity contribution in [3.63, 3.8) is 0 Å². The summed E-state index contributed by atoms with van der Waals surface area (Å²) in [6.07, 6.45) is 3.25. The molecular weight excluding hydrogens is 326 g/mol. The molecule has 1 aliphatic rings. The van der Waals surface area contributed by atoms with E-state index in [0.717, 1.165) is 11.1 Å². The highest BCUT2D eigenvalue weighted by atomic mass is 35.5. The Morgan fingerprint density at radius 2 is 1.88 bits per heavy atom. The van der Waals surface area contributed by atoms with Gasteiger partial charge in [0.25, 0.3) is 5.91 Å². The Labute approximate surface area is 145 Å². The number of primary amides is 1. The maximum atomic E-state index is 12.7. The molecule has 1 aliphatic heterocycles. The Kier molecular flexibility index (Phi) is 4.53. The van der Waals surface area contributed by atoms with Crippen molar-refractivity contribution in [1.82, 2.24) is 9.88 Å². The van der Waals surface area contributed by atoms with Gasteiger partial charge in [-0.15, -0.1) is 0 Å². The van der Waals surface area contributed by atoms with Gasteiger partial charge in [0.1, 0.15) is 0 Å². The number of halogens is 1. The van der Waals surface area contributed by atoms with Crippen molar-refractivity contribution >= 4 is 23.4 Å². The SMILES string of the molecule is C[C@@H]1CN(C(=O)c2cncc(-c3ccc(Cl)cc3)c2)C[C@H]1C(N)=O. The normalized spacial score (nSPS) is 20.2. The average molecular weight is 344 g/mol. The zero-order valence-corrected chi connectivity index (χ0v) is 14.0. The van der Waals surface area contributed by atoms with Gasteiger partial charge in [-0.2, -0.15) is 0 Å². The fourth-order valence-corrected chi connectivity index (χ4v) is 3.17. The molecule has 0 unspecified atom stereocenters. The highest BCUT2D eigenvalue weighted by molar-refractivity contribution is 6.30. The molecule has 2 aromatic rings. The molecule has 2 atom stereocenters. The molecule has 2 heterocycles. The zero-order chi connectivity index (χ0) is 17.3. The lowest BCUT2D eigenvalue weighted by atomic mass is 9.98. The summed E-state index contributed by atoms with van der Waals surface area (Å²) in [5.41, 5.74) is 7.68. The standard InChI is InChI=1S/C18H18ClN3O2/c1-11-9-22(10-16(11)17(20)23)18(24)14-6-13(7-21-8-14)12-2-4-15(19)5-3-12/h2-8,11,16H,9-10H2,1H3,(H2,20,23)/t11-,16-/m1/s1. The van der Waals surface area contributed by atoms with Crippen LogP contribution in [0.25, 0.3) is 11.1 Å². The van der Waals surface area contributed by atoms with E-state index < -0.39 is 0 Å². The lowest BCUT2D eigenvalue weighted by Crippen LogP contribution is -2.32. The van der Waals surface area contributed by atoms with Crippen LogP contribution in [0, 0.1) is 11.8 Å². The minimum Gasteiger partial charge on any atom is -0.369 e. The monoisotopic (exact) mass is 343 g/mol. The Morgan fingerprint density at radius 1 is 1.17 bits per heavy atom. The van der Waals surface area contributed by atoms with Crippen LogP contribution in [-0.2, 0) is 4.79 Å². The molecule has 0 aliphatic carbocycles. The summed E-state index contributed by atoms with van der Waals surface area (Å²) >= 11 is 5.91. The first-order chi connectivity index (χ1) is 11.5. The van der Waals surface area contributed by atoms with Crippen molar-refractivity contribution in [2.24, 2.45) is 17.6 Å². The molecule has 0 saturated carbocycles. The minimum absolute atomic E-state index is 0.0684. The number of aromatic nitrogens is 1. The molecule has 5 nitrogen and oxygen atoms in total. The van der Waals surface area contributed by atoms with E-state index in [1.807, 2.05) is 19.1 Å². The lowest BCUT2D eigenvalue weighted by Gasteiger charge is -2.16. The Balaban J connectivity index is 1.83. The lowest BCUT2D eigenvalue weighted by molar-refractivity contribution is -0.122. The molecule has 1 aromatic carbocycles. The molecule has 0 bridgehead atoms. The Morgan fingerprint density at radius 3 is 2.50 bits per heavy atom. The number of carbonyl (C=O) groups is 2. The number of carbonyl (C=O) groups excluding carboxylic acids is 2. The Hall–Kier alpha value is -2.40. The van der Waals surface area contributed by atoms with E-state index >= 15 is 0 Å². The molecule has 24 heavy (non-hydrogen) atoms. The van der Waals surface area contributed by atoms with E-state index in [2.05, 4.69) is 4.98 Å². The van der Waals surface area contributed by atoms with E-state index in [1.54, 1.807) is 35.5 Å². The van der Waals surface area contributed by atoms with Gasteiger partial charge < -0.3 is 10.6 Å². The molecule has 2 N–H and O–H groups in total. The van der Waals surface area contributed by atoms with Gasteiger partial charge in [-0.25, -0.2) is 0 Å². The number of likely N-dealkylation sites (tertiary alicyclic amines) is 1. The third-order valence-electron chi connectivity index (χ3n) is 4.43. The van der Waals surface area contributed by atoms with Gasteiger partial charge in [-0.1, -0.05) is 30.7 Å². The maximum absolute atomic E-state index is 12.7. The predicted molar refractivity (Wildman–Crippen MR) is 92.4 cm³/mol. The average Bonchev–Trinajstić information content (AvgIpc) is 2.97. The van der Waals surface area contributed by atoms with E-state index in [0.29, 0.717) is 23.7 Å². The van der Waals surface area contributed by atoms with Crippen LogP contribution in [0.5, 0.6) is 0 Å². The molecule has 6 heteroatoms. The van der Waals surface area contributed by atoms with Crippen LogP contribution in [-0.4, -0.2) is 34.8 Å². The minimum atomic E-state index is -0.356. The van der Waals surface area contributed by atoms with Crippen LogP contribution >= 0.6 is 11.6 Å². The van der Waals surface area contributed by atoms with Gasteiger partial charge in [0.15, 0.2) is 0 Å². The fraction of sp³-hybridized carbons (Fsp3) is 0.278. The summed E-state index contributed by atoms with van der Waals surface area (Å²) in [6, 6.07) is 9.17. The van der Waals surface area contributed by atoms with Gasteiger partial charge in [0.05, 0.1) is 11.5 Å². The molecule has 0 radical (unpaired) electrons. The quantitative estimate of drug-likeness (QED) is 0.930. The molecule has 1 fully saturated rings. The van der Waals surface area contributed by atoms with E-state index in [1.165, 1.54) is 0 Å². The molecule has 2 amide bonds. The first-order valence-corrected chi connectivity index (χ1v) is 8.13. The fourth-order valence-electron chi connectivity index (χ4n) is 3.04. The first-order valence-electron chi connectivity index (χ1n) is 7.75. The zero-order valence-electron chi connectivity index (χ0n) is 13.3. The second kappa shape index (κ2) is 6.61. The smallest absolute Gasteiger partial charge is 0.255 e. The number of benzene rings is 1. The summed E-state index contributed by atoms with van der Waals surface area (Å²) < 4.78 is 0. The number of rotatable bonds is 3. The number of amides is 2. The number of nitrogens with zero attached hydrogens (tertiary/aromatic N) is 2. The van der Waals surface area contributed by atoms with Gasteiger partial charge in [-0.05, 0) is 29.7 Å². The number of pyridine rings is 1. The number of nitrogens with two attached hydrogens (primary N) is 1. The second-order valence-electron chi connectivity index (χ2n) is 6.17. The molecule has 1 saturated heterocycles. The first kappa shape index (κ1) is 16.5. The topological polar surface area (TPSA) is 76.3 Å². The Bertz CT molecular complexity index is 776. The van der Waals surface area contributed by atoms with Crippen LogP contribution in [0.3, 0.4) is 0 Å². The summed E-state index contributed by atoms with van der Waals surface area (Å²) in [5, 5.41) is 0.655. The van der Waals surface area contributed by atoms with Gasteiger partial charge in [-0.3, -0.25) is 14.6 Å². The molecule has 124 valence electrons. The molecular formula is C18H18ClN3O2. The van der Waals surface area contributed by atoms with Crippen molar-refractivity contribution in [3.05, 3.63) is 53.3 Å².